The maximum absolute atomic E-state index is 15.6. The van der Waals surface area contributed by atoms with Crippen molar-refractivity contribution in [3.63, 3.8) is 0 Å². The third kappa shape index (κ3) is 5.53. The number of halogens is 2. The Hall–Kier alpha value is -4.31. The number of fused-ring (bicyclic) bond motifs is 1. The number of hydrogen-bond donors (Lipinski definition) is 0. The molecule has 0 radical (unpaired) electrons. The summed E-state index contributed by atoms with van der Waals surface area (Å²) in [6.45, 7) is 2.66. The Labute approximate surface area is 236 Å². The van der Waals surface area contributed by atoms with Crippen LogP contribution in [0.2, 0.25) is 5.15 Å². The lowest BCUT2D eigenvalue weighted by molar-refractivity contribution is -0.117. The molecule has 4 heterocycles. The van der Waals surface area contributed by atoms with E-state index in [1.165, 1.54) is 15.9 Å². The monoisotopic (exact) mass is 562 g/mol. The number of pyridine rings is 2. The number of carbonyl (C=O) groups excluding carboxylic acids is 2. The number of rotatable bonds is 8. The fourth-order valence-electron chi connectivity index (χ4n) is 4.70. The summed E-state index contributed by atoms with van der Waals surface area (Å²) in [6.07, 6.45) is 6.28. The first-order chi connectivity index (χ1) is 19.4. The molecule has 4 aromatic rings. The van der Waals surface area contributed by atoms with Gasteiger partial charge in [-0.05, 0) is 65.4 Å². The second-order valence-electron chi connectivity index (χ2n) is 9.41. The van der Waals surface area contributed by atoms with E-state index >= 15 is 4.39 Å². The fourth-order valence-corrected chi connectivity index (χ4v) is 4.88. The number of benzene rings is 1. The molecule has 1 aliphatic rings. The average Bonchev–Trinajstić information content (AvgIpc) is 3.57. The quantitative estimate of drug-likeness (QED) is 0.197. The number of carbonyl (C=O) groups is 2. The van der Waals surface area contributed by atoms with Gasteiger partial charge in [-0.3, -0.25) is 9.48 Å². The van der Waals surface area contributed by atoms with Gasteiger partial charge in [-0.2, -0.15) is 5.10 Å². The SMILES string of the molecule is CCCCOC(=O)N(c1cc(-c2cc(F)c3c(c2)CCN3C(=O)Cc2cccnc2Cl)ccn1)c1ccnn1C. The van der Waals surface area contributed by atoms with Crippen molar-refractivity contribution in [3.8, 4) is 11.1 Å². The summed E-state index contributed by atoms with van der Waals surface area (Å²) in [5.41, 5.74) is 2.86. The summed E-state index contributed by atoms with van der Waals surface area (Å²) in [6, 6.07) is 11.9. The van der Waals surface area contributed by atoms with Gasteiger partial charge in [0.15, 0.2) is 0 Å². The van der Waals surface area contributed by atoms with Gasteiger partial charge < -0.3 is 9.64 Å². The molecule has 0 saturated carbocycles. The molecular weight excluding hydrogens is 535 g/mol. The largest absolute Gasteiger partial charge is 0.449 e. The highest BCUT2D eigenvalue weighted by Crippen LogP contribution is 2.37. The predicted molar refractivity (Wildman–Crippen MR) is 150 cm³/mol. The number of ether oxygens (including phenoxy) is 1. The smallest absolute Gasteiger partial charge is 0.421 e. The molecule has 0 spiro atoms. The Morgan fingerprint density at radius 2 is 1.95 bits per heavy atom. The van der Waals surface area contributed by atoms with E-state index in [0.717, 1.165) is 18.4 Å². The molecule has 0 bridgehead atoms. The molecule has 0 unspecified atom stereocenters. The summed E-state index contributed by atoms with van der Waals surface area (Å²) in [7, 11) is 1.72. The molecule has 1 aromatic carbocycles. The second-order valence-corrected chi connectivity index (χ2v) is 9.77. The standard InChI is InChI=1S/C29H28ClFN6O3/c1-3-4-14-40-29(39)37(25-8-12-34-35(25)2)24-17-19(7-11-32-24)22-15-20-9-13-36(27(20)23(31)16-22)26(38)18-21-6-5-10-33-28(21)30/h5-8,10-12,15-17H,3-4,9,13-14,18H2,1-2H3. The second kappa shape index (κ2) is 11.8. The van der Waals surface area contributed by atoms with Crippen molar-refractivity contribution in [2.24, 2.45) is 7.05 Å². The maximum Gasteiger partial charge on any atom is 0.421 e. The van der Waals surface area contributed by atoms with E-state index < -0.39 is 11.9 Å². The molecule has 0 fully saturated rings. The molecule has 0 N–H and O–H groups in total. The first kappa shape index (κ1) is 27.3. The minimum absolute atomic E-state index is 0.0270. The Bertz CT molecular complexity index is 1560. The Morgan fingerprint density at radius 1 is 1.10 bits per heavy atom. The van der Waals surface area contributed by atoms with E-state index in [0.29, 0.717) is 41.3 Å². The van der Waals surface area contributed by atoms with Crippen LogP contribution in [0.1, 0.15) is 30.9 Å². The number of aryl methyl sites for hydroxylation is 1. The van der Waals surface area contributed by atoms with Gasteiger partial charge in [-0.1, -0.05) is 31.0 Å². The lowest BCUT2D eigenvalue weighted by Crippen LogP contribution is -2.31. The topological polar surface area (TPSA) is 93.4 Å². The highest BCUT2D eigenvalue weighted by atomic mass is 35.5. The van der Waals surface area contributed by atoms with Crippen LogP contribution >= 0.6 is 11.6 Å². The van der Waals surface area contributed by atoms with E-state index in [4.69, 9.17) is 16.3 Å². The zero-order chi connectivity index (χ0) is 28.2. The normalized spacial score (nSPS) is 12.3. The zero-order valence-electron chi connectivity index (χ0n) is 22.2. The molecular formula is C29H28ClFN6O3. The Morgan fingerprint density at radius 3 is 2.70 bits per heavy atom. The van der Waals surface area contributed by atoms with Gasteiger partial charge in [0.25, 0.3) is 0 Å². The van der Waals surface area contributed by atoms with Crippen molar-refractivity contribution in [2.75, 3.05) is 23.0 Å². The molecule has 0 atom stereocenters. The fraction of sp³-hybridized carbons (Fsp3) is 0.276. The highest BCUT2D eigenvalue weighted by molar-refractivity contribution is 6.30. The Balaban J connectivity index is 1.44. The summed E-state index contributed by atoms with van der Waals surface area (Å²) in [5.74, 6) is 0.0409. The van der Waals surface area contributed by atoms with Gasteiger partial charge in [0.05, 0.1) is 24.9 Å². The van der Waals surface area contributed by atoms with Gasteiger partial charge in [0.2, 0.25) is 5.91 Å². The highest BCUT2D eigenvalue weighted by Gasteiger charge is 2.30. The van der Waals surface area contributed by atoms with Gasteiger partial charge >= 0.3 is 6.09 Å². The van der Waals surface area contributed by atoms with Gasteiger partial charge in [0, 0.05) is 32.1 Å². The van der Waals surface area contributed by atoms with Crippen LogP contribution in [0.4, 0.5) is 26.5 Å². The maximum atomic E-state index is 15.6. The molecule has 40 heavy (non-hydrogen) atoms. The lowest BCUT2D eigenvalue weighted by Gasteiger charge is -2.22. The minimum Gasteiger partial charge on any atom is -0.449 e. The summed E-state index contributed by atoms with van der Waals surface area (Å²) >= 11 is 6.12. The number of aromatic nitrogens is 4. The summed E-state index contributed by atoms with van der Waals surface area (Å²) < 4.78 is 22.6. The molecule has 5 rings (SSSR count). The van der Waals surface area contributed by atoms with Crippen LogP contribution < -0.4 is 9.80 Å². The van der Waals surface area contributed by atoms with Gasteiger partial charge in [-0.25, -0.2) is 24.1 Å². The number of anilines is 3. The molecule has 0 aliphatic carbocycles. The van der Waals surface area contributed by atoms with Crippen LogP contribution in [0, 0.1) is 5.82 Å². The van der Waals surface area contributed by atoms with E-state index in [-0.39, 0.29) is 29.8 Å². The molecule has 11 heteroatoms. The average molecular weight is 563 g/mol. The molecule has 0 saturated heterocycles. The van der Waals surface area contributed by atoms with Crippen LogP contribution in [-0.2, 0) is 29.4 Å². The van der Waals surface area contributed by atoms with Crippen LogP contribution in [-0.4, -0.2) is 44.9 Å². The lowest BCUT2D eigenvalue weighted by atomic mass is 10.0. The van der Waals surface area contributed by atoms with Crippen LogP contribution in [0.25, 0.3) is 11.1 Å². The summed E-state index contributed by atoms with van der Waals surface area (Å²) in [4.78, 5) is 37.4. The number of hydrogen-bond acceptors (Lipinski definition) is 6. The Kier molecular flexibility index (Phi) is 8.06. The minimum atomic E-state index is -0.579. The van der Waals surface area contributed by atoms with E-state index in [1.807, 2.05) is 13.0 Å². The zero-order valence-corrected chi connectivity index (χ0v) is 22.9. The predicted octanol–water partition coefficient (Wildman–Crippen LogP) is 5.88. The van der Waals surface area contributed by atoms with Crippen molar-refractivity contribution < 1.29 is 18.7 Å². The number of unbranched alkanes of at least 4 members (excludes halogenated alkanes) is 1. The molecule has 1 aliphatic heterocycles. The van der Waals surface area contributed by atoms with E-state index in [9.17, 15) is 9.59 Å². The van der Waals surface area contributed by atoms with Crippen molar-refractivity contribution >= 4 is 40.9 Å². The molecule has 9 nitrogen and oxygen atoms in total. The third-order valence-electron chi connectivity index (χ3n) is 6.73. The first-order valence-electron chi connectivity index (χ1n) is 13.0. The number of nitrogens with zero attached hydrogens (tertiary/aromatic N) is 6. The molecule has 2 amide bonds. The van der Waals surface area contributed by atoms with E-state index in [2.05, 4.69) is 15.1 Å². The van der Waals surface area contributed by atoms with Gasteiger partial charge in [-0.15, -0.1) is 0 Å². The first-order valence-corrected chi connectivity index (χ1v) is 13.4. The van der Waals surface area contributed by atoms with Gasteiger partial charge in [0.1, 0.15) is 22.6 Å². The molecule has 206 valence electrons. The van der Waals surface area contributed by atoms with Crippen molar-refractivity contribution in [3.05, 3.63) is 83.2 Å². The summed E-state index contributed by atoms with van der Waals surface area (Å²) in [5, 5.41) is 4.43. The third-order valence-corrected chi connectivity index (χ3v) is 7.07. The van der Waals surface area contributed by atoms with Crippen LogP contribution in [0.5, 0.6) is 0 Å². The van der Waals surface area contributed by atoms with Crippen LogP contribution in [0.3, 0.4) is 0 Å². The number of amides is 2. The van der Waals surface area contributed by atoms with Crippen LogP contribution in [0.15, 0.2) is 61.1 Å². The van der Waals surface area contributed by atoms with Crippen molar-refractivity contribution in [1.29, 1.82) is 0 Å². The van der Waals surface area contributed by atoms with Crippen molar-refractivity contribution in [2.45, 2.75) is 32.6 Å². The van der Waals surface area contributed by atoms with Crippen molar-refractivity contribution in [1.82, 2.24) is 19.7 Å². The van der Waals surface area contributed by atoms with E-state index in [1.54, 1.807) is 60.7 Å². The molecule has 3 aromatic heterocycles.